The minimum atomic E-state index is 0.804. The highest BCUT2D eigenvalue weighted by atomic mass is 16.5. The van der Waals surface area contributed by atoms with Crippen LogP contribution >= 0.6 is 0 Å². The average molecular weight is 235 g/mol. The molecule has 0 spiro atoms. The van der Waals surface area contributed by atoms with Crippen molar-refractivity contribution >= 4 is 0 Å². The summed E-state index contributed by atoms with van der Waals surface area (Å²) < 4.78 is 4.99. The van der Waals surface area contributed by atoms with Crippen molar-refractivity contribution in [3.05, 3.63) is 35.4 Å². The molecule has 0 aliphatic carbocycles. The lowest BCUT2D eigenvalue weighted by atomic mass is 10.0. The van der Waals surface area contributed by atoms with Gasteiger partial charge in [0.05, 0.1) is 6.61 Å². The monoisotopic (exact) mass is 235 g/mol. The molecule has 0 saturated heterocycles. The first-order valence-corrected chi connectivity index (χ1v) is 6.65. The third-order valence-electron chi connectivity index (χ3n) is 3.03. The van der Waals surface area contributed by atoms with Crippen LogP contribution in [0.1, 0.15) is 30.9 Å². The predicted octanol–water partition coefficient (Wildman–Crippen LogP) is 2.81. The lowest BCUT2D eigenvalue weighted by molar-refractivity contribution is 0.199. The molecule has 0 aliphatic rings. The SMILES string of the molecule is CCc1ccccc1CCCCNCCOC. The van der Waals surface area contributed by atoms with E-state index in [1.165, 1.54) is 30.4 Å². The van der Waals surface area contributed by atoms with Gasteiger partial charge in [0.25, 0.3) is 0 Å². The van der Waals surface area contributed by atoms with Crippen molar-refractivity contribution in [2.45, 2.75) is 32.6 Å². The minimum absolute atomic E-state index is 0.804. The van der Waals surface area contributed by atoms with Gasteiger partial charge in [0.15, 0.2) is 0 Å². The van der Waals surface area contributed by atoms with Gasteiger partial charge in [-0.05, 0) is 43.4 Å². The van der Waals surface area contributed by atoms with Crippen molar-refractivity contribution in [1.82, 2.24) is 5.32 Å². The average Bonchev–Trinajstić information content (AvgIpc) is 2.38. The van der Waals surface area contributed by atoms with Gasteiger partial charge in [-0.1, -0.05) is 31.2 Å². The minimum Gasteiger partial charge on any atom is -0.383 e. The first kappa shape index (κ1) is 14.2. The summed E-state index contributed by atoms with van der Waals surface area (Å²) in [6.07, 6.45) is 4.84. The highest BCUT2D eigenvalue weighted by Crippen LogP contribution is 2.12. The second kappa shape index (κ2) is 9.20. The number of hydrogen-bond acceptors (Lipinski definition) is 2. The number of rotatable bonds is 9. The lowest BCUT2D eigenvalue weighted by Gasteiger charge is -2.08. The molecule has 0 fully saturated rings. The summed E-state index contributed by atoms with van der Waals surface area (Å²) in [5, 5.41) is 3.38. The van der Waals surface area contributed by atoms with E-state index < -0.39 is 0 Å². The van der Waals surface area contributed by atoms with Gasteiger partial charge in [0.1, 0.15) is 0 Å². The fraction of sp³-hybridized carbons (Fsp3) is 0.600. The maximum absolute atomic E-state index is 4.99. The van der Waals surface area contributed by atoms with Gasteiger partial charge >= 0.3 is 0 Å². The molecule has 0 unspecified atom stereocenters. The van der Waals surface area contributed by atoms with Crippen LogP contribution in [-0.4, -0.2) is 26.8 Å². The van der Waals surface area contributed by atoms with E-state index in [0.717, 1.165) is 26.1 Å². The maximum atomic E-state index is 4.99. The third-order valence-corrected chi connectivity index (χ3v) is 3.03. The van der Waals surface area contributed by atoms with Crippen molar-refractivity contribution < 1.29 is 4.74 Å². The molecule has 17 heavy (non-hydrogen) atoms. The van der Waals surface area contributed by atoms with Gasteiger partial charge in [-0.2, -0.15) is 0 Å². The number of ether oxygens (including phenoxy) is 1. The predicted molar refractivity (Wildman–Crippen MR) is 73.5 cm³/mol. The largest absolute Gasteiger partial charge is 0.383 e. The van der Waals surface area contributed by atoms with E-state index in [1.807, 2.05) is 0 Å². The van der Waals surface area contributed by atoms with Crippen molar-refractivity contribution in [2.75, 3.05) is 26.8 Å². The Morgan fingerprint density at radius 1 is 1.06 bits per heavy atom. The van der Waals surface area contributed by atoms with Gasteiger partial charge < -0.3 is 10.1 Å². The first-order chi connectivity index (χ1) is 8.38. The Labute approximate surface area is 105 Å². The molecule has 1 aromatic rings. The van der Waals surface area contributed by atoms with Gasteiger partial charge in [-0.15, -0.1) is 0 Å². The molecule has 0 saturated carbocycles. The summed E-state index contributed by atoms with van der Waals surface area (Å²) >= 11 is 0. The van der Waals surface area contributed by atoms with Gasteiger partial charge in [-0.25, -0.2) is 0 Å². The third kappa shape index (κ3) is 5.85. The Hall–Kier alpha value is -0.860. The van der Waals surface area contributed by atoms with E-state index in [4.69, 9.17) is 4.74 Å². The van der Waals surface area contributed by atoms with Crippen LogP contribution in [0.2, 0.25) is 0 Å². The zero-order chi connectivity index (χ0) is 12.3. The van der Waals surface area contributed by atoms with Crippen LogP contribution in [0, 0.1) is 0 Å². The molecule has 1 aromatic carbocycles. The van der Waals surface area contributed by atoms with Gasteiger partial charge in [-0.3, -0.25) is 0 Å². The maximum Gasteiger partial charge on any atom is 0.0587 e. The van der Waals surface area contributed by atoms with Crippen molar-refractivity contribution in [2.24, 2.45) is 0 Å². The molecule has 96 valence electrons. The van der Waals surface area contributed by atoms with Crippen molar-refractivity contribution in [3.63, 3.8) is 0 Å². The summed E-state index contributed by atoms with van der Waals surface area (Å²) in [5.41, 5.74) is 3.02. The molecular formula is C15H25NO. The highest BCUT2D eigenvalue weighted by Gasteiger charge is 1.99. The quantitative estimate of drug-likeness (QED) is 0.665. The van der Waals surface area contributed by atoms with E-state index in [1.54, 1.807) is 7.11 Å². The topological polar surface area (TPSA) is 21.3 Å². The molecule has 1 rings (SSSR count). The number of unbranched alkanes of at least 4 members (excludes halogenated alkanes) is 1. The number of benzene rings is 1. The van der Waals surface area contributed by atoms with E-state index in [-0.39, 0.29) is 0 Å². The normalized spacial score (nSPS) is 10.7. The summed E-state index contributed by atoms with van der Waals surface area (Å²) in [7, 11) is 1.74. The Morgan fingerprint density at radius 3 is 2.53 bits per heavy atom. The molecule has 0 radical (unpaired) electrons. The lowest BCUT2D eigenvalue weighted by Crippen LogP contribution is -2.20. The molecule has 0 heterocycles. The zero-order valence-corrected chi connectivity index (χ0v) is 11.2. The molecule has 1 N–H and O–H groups in total. The van der Waals surface area contributed by atoms with Crippen LogP contribution < -0.4 is 5.32 Å². The molecule has 2 nitrogen and oxygen atoms in total. The second-order valence-corrected chi connectivity index (χ2v) is 4.32. The molecule has 0 aromatic heterocycles. The summed E-state index contributed by atoms with van der Waals surface area (Å²) in [6, 6.07) is 8.78. The number of methoxy groups -OCH3 is 1. The number of hydrogen-bond donors (Lipinski definition) is 1. The van der Waals surface area contributed by atoms with Crippen LogP contribution in [0.15, 0.2) is 24.3 Å². The fourth-order valence-electron chi connectivity index (χ4n) is 2.01. The second-order valence-electron chi connectivity index (χ2n) is 4.32. The van der Waals surface area contributed by atoms with Crippen molar-refractivity contribution in [1.29, 1.82) is 0 Å². The van der Waals surface area contributed by atoms with Crippen LogP contribution in [0.25, 0.3) is 0 Å². The highest BCUT2D eigenvalue weighted by molar-refractivity contribution is 5.26. The Kier molecular flexibility index (Phi) is 7.69. The number of nitrogens with one attached hydrogen (secondary N) is 1. The summed E-state index contributed by atoms with van der Waals surface area (Å²) in [4.78, 5) is 0. The van der Waals surface area contributed by atoms with E-state index >= 15 is 0 Å². The Balaban J connectivity index is 2.13. The molecule has 2 heteroatoms. The van der Waals surface area contributed by atoms with Gasteiger partial charge in [0, 0.05) is 13.7 Å². The fourth-order valence-corrected chi connectivity index (χ4v) is 2.01. The van der Waals surface area contributed by atoms with Crippen LogP contribution in [-0.2, 0) is 17.6 Å². The number of aryl methyl sites for hydroxylation is 2. The zero-order valence-electron chi connectivity index (χ0n) is 11.2. The Morgan fingerprint density at radius 2 is 1.82 bits per heavy atom. The summed E-state index contributed by atoms with van der Waals surface area (Å²) in [6.45, 7) is 5.09. The van der Waals surface area contributed by atoms with Gasteiger partial charge in [0.2, 0.25) is 0 Å². The van der Waals surface area contributed by atoms with Crippen LogP contribution in [0.5, 0.6) is 0 Å². The van der Waals surface area contributed by atoms with E-state index in [2.05, 4.69) is 36.5 Å². The van der Waals surface area contributed by atoms with Crippen LogP contribution in [0.4, 0.5) is 0 Å². The van der Waals surface area contributed by atoms with E-state index in [9.17, 15) is 0 Å². The first-order valence-electron chi connectivity index (χ1n) is 6.65. The molecule has 0 atom stereocenters. The molecule has 0 bridgehead atoms. The van der Waals surface area contributed by atoms with Crippen molar-refractivity contribution in [3.8, 4) is 0 Å². The smallest absolute Gasteiger partial charge is 0.0587 e. The molecular weight excluding hydrogens is 210 g/mol. The molecule has 0 aliphatic heterocycles. The van der Waals surface area contributed by atoms with E-state index in [0.29, 0.717) is 0 Å². The van der Waals surface area contributed by atoms with Crippen LogP contribution in [0.3, 0.4) is 0 Å². The Bertz CT molecular complexity index is 299. The summed E-state index contributed by atoms with van der Waals surface area (Å²) in [5.74, 6) is 0. The molecule has 0 amide bonds. The standard InChI is InChI=1S/C15H25NO/c1-3-14-8-4-5-9-15(14)10-6-7-11-16-12-13-17-2/h4-5,8-9,16H,3,6-7,10-13H2,1-2H3.